The first kappa shape index (κ1) is 21.2. The van der Waals surface area contributed by atoms with Crippen molar-refractivity contribution in [3.63, 3.8) is 0 Å². The number of hydrogen-bond acceptors (Lipinski definition) is 4. The third-order valence-electron chi connectivity index (χ3n) is 5.73. The minimum atomic E-state index is 0.132. The number of pyridine rings is 2. The van der Waals surface area contributed by atoms with Crippen LogP contribution in [-0.2, 0) is 13.0 Å². The highest BCUT2D eigenvalue weighted by molar-refractivity contribution is 5.82. The number of rotatable bonds is 9. The maximum atomic E-state index is 6.36. The summed E-state index contributed by atoms with van der Waals surface area (Å²) in [5, 5.41) is 4.78. The fourth-order valence-corrected chi connectivity index (χ4v) is 4.08. The molecule has 31 heavy (non-hydrogen) atoms. The number of aromatic nitrogens is 3. The van der Waals surface area contributed by atoms with Gasteiger partial charge in [-0.25, -0.2) is 0 Å². The van der Waals surface area contributed by atoms with Crippen LogP contribution in [-0.4, -0.2) is 27.1 Å². The maximum Gasteiger partial charge on any atom is 0.0781 e. The zero-order valence-corrected chi connectivity index (χ0v) is 18.4. The van der Waals surface area contributed by atoms with Crippen molar-refractivity contribution < 1.29 is 0 Å². The standard InChI is InChI=1S/C26H31N5/c1-19-15-20(2)23(30-17-19)16-22(27)8-5-12-28-18-24-26(10-6-13-29-24)31-14-11-21-7-3-4-9-25(21)31/h3-4,6-7,9-11,13-15,17,22,28H,5,8,12,16,18,27H2,1-2H3. The van der Waals surface area contributed by atoms with Crippen molar-refractivity contribution in [3.8, 4) is 5.69 Å². The molecular formula is C26H31N5. The molecule has 0 aliphatic rings. The van der Waals surface area contributed by atoms with E-state index < -0.39 is 0 Å². The van der Waals surface area contributed by atoms with Crippen LogP contribution in [0.15, 0.2) is 67.1 Å². The maximum absolute atomic E-state index is 6.36. The zero-order chi connectivity index (χ0) is 21.6. The van der Waals surface area contributed by atoms with Gasteiger partial charge in [0.1, 0.15) is 0 Å². The van der Waals surface area contributed by atoms with E-state index >= 15 is 0 Å². The lowest BCUT2D eigenvalue weighted by Crippen LogP contribution is -2.26. The molecule has 4 rings (SSSR count). The minimum absolute atomic E-state index is 0.132. The van der Waals surface area contributed by atoms with E-state index in [4.69, 9.17) is 5.73 Å². The SMILES string of the molecule is Cc1cnc(CC(N)CCCNCc2ncccc2-n2ccc3ccccc32)c(C)c1. The van der Waals surface area contributed by atoms with E-state index in [0.29, 0.717) is 0 Å². The Hall–Kier alpha value is -3.02. The predicted molar refractivity (Wildman–Crippen MR) is 127 cm³/mol. The molecule has 0 fully saturated rings. The summed E-state index contributed by atoms with van der Waals surface area (Å²) in [5.41, 5.74) is 13.3. The second kappa shape index (κ2) is 9.86. The highest BCUT2D eigenvalue weighted by Gasteiger charge is 2.10. The molecule has 5 heteroatoms. The largest absolute Gasteiger partial charge is 0.327 e. The number of para-hydroxylation sites is 1. The molecule has 0 aliphatic carbocycles. The van der Waals surface area contributed by atoms with E-state index in [2.05, 4.69) is 82.4 Å². The summed E-state index contributed by atoms with van der Waals surface area (Å²) < 4.78 is 2.21. The molecule has 5 nitrogen and oxygen atoms in total. The van der Waals surface area contributed by atoms with E-state index in [-0.39, 0.29) is 6.04 Å². The van der Waals surface area contributed by atoms with Gasteiger partial charge in [0, 0.05) is 43.3 Å². The summed E-state index contributed by atoms with van der Waals surface area (Å²) >= 11 is 0. The van der Waals surface area contributed by atoms with E-state index in [0.717, 1.165) is 49.4 Å². The summed E-state index contributed by atoms with van der Waals surface area (Å²) in [5.74, 6) is 0. The van der Waals surface area contributed by atoms with Crippen molar-refractivity contribution in [1.82, 2.24) is 19.9 Å². The number of fused-ring (bicyclic) bond motifs is 1. The topological polar surface area (TPSA) is 68.8 Å². The van der Waals surface area contributed by atoms with Gasteiger partial charge in [-0.1, -0.05) is 24.3 Å². The molecule has 0 saturated heterocycles. The van der Waals surface area contributed by atoms with Gasteiger partial charge in [0.15, 0.2) is 0 Å². The van der Waals surface area contributed by atoms with E-state index in [1.165, 1.54) is 22.0 Å². The number of nitrogens with zero attached hydrogens (tertiary/aromatic N) is 3. The molecule has 1 atom stereocenters. The van der Waals surface area contributed by atoms with Crippen molar-refractivity contribution in [2.24, 2.45) is 5.73 Å². The van der Waals surface area contributed by atoms with Gasteiger partial charge in [-0.3, -0.25) is 9.97 Å². The summed E-state index contributed by atoms with van der Waals surface area (Å²) in [6.45, 7) is 5.83. The zero-order valence-electron chi connectivity index (χ0n) is 18.4. The van der Waals surface area contributed by atoms with E-state index in [1.54, 1.807) is 0 Å². The summed E-state index contributed by atoms with van der Waals surface area (Å²) in [6, 6.07) is 17.0. The lowest BCUT2D eigenvalue weighted by molar-refractivity contribution is 0.541. The first-order valence-electron chi connectivity index (χ1n) is 11.0. The fourth-order valence-electron chi connectivity index (χ4n) is 4.08. The molecule has 3 N–H and O–H groups in total. The molecule has 3 aromatic heterocycles. The van der Waals surface area contributed by atoms with Crippen LogP contribution in [0, 0.1) is 13.8 Å². The van der Waals surface area contributed by atoms with Crippen molar-refractivity contribution in [2.75, 3.05) is 6.54 Å². The van der Waals surface area contributed by atoms with Crippen molar-refractivity contribution in [1.29, 1.82) is 0 Å². The molecule has 0 aliphatic heterocycles. The Morgan fingerprint density at radius 1 is 1.03 bits per heavy atom. The highest BCUT2D eigenvalue weighted by atomic mass is 15.0. The molecule has 0 saturated carbocycles. The Kier molecular flexibility index (Phi) is 6.75. The number of nitrogens with two attached hydrogens (primary N) is 1. The second-order valence-electron chi connectivity index (χ2n) is 8.27. The monoisotopic (exact) mass is 413 g/mol. The average molecular weight is 414 g/mol. The van der Waals surface area contributed by atoms with Crippen LogP contribution in [0.2, 0.25) is 0 Å². The van der Waals surface area contributed by atoms with Gasteiger partial charge < -0.3 is 15.6 Å². The van der Waals surface area contributed by atoms with E-state index in [1.807, 2.05) is 18.5 Å². The molecule has 0 amide bonds. The molecule has 3 heterocycles. The number of aryl methyl sites for hydroxylation is 2. The number of hydrogen-bond donors (Lipinski definition) is 2. The minimum Gasteiger partial charge on any atom is -0.327 e. The van der Waals surface area contributed by atoms with Gasteiger partial charge in [0.05, 0.1) is 16.9 Å². The van der Waals surface area contributed by atoms with E-state index in [9.17, 15) is 0 Å². The summed E-state index contributed by atoms with van der Waals surface area (Å²) in [4.78, 5) is 9.18. The normalized spacial score (nSPS) is 12.4. The van der Waals surface area contributed by atoms with Crippen LogP contribution in [0.1, 0.15) is 35.4 Å². The Balaban J connectivity index is 1.30. The quantitative estimate of drug-likeness (QED) is 0.397. The van der Waals surface area contributed by atoms with Gasteiger partial charge in [0.25, 0.3) is 0 Å². The molecule has 160 valence electrons. The molecule has 4 aromatic rings. The molecule has 1 aromatic carbocycles. The van der Waals surface area contributed by atoms with Crippen molar-refractivity contribution in [2.45, 2.75) is 45.7 Å². The van der Waals surface area contributed by atoms with Gasteiger partial charge >= 0.3 is 0 Å². The van der Waals surface area contributed by atoms with Crippen LogP contribution in [0.5, 0.6) is 0 Å². The van der Waals surface area contributed by atoms with Crippen LogP contribution in [0.25, 0.3) is 16.6 Å². The summed E-state index contributed by atoms with van der Waals surface area (Å²) in [7, 11) is 0. The van der Waals surface area contributed by atoms with Crippen molar-refractivity contribution >= 4 is 10.9 Å². The first-order chi connectivity index (χ1) is 15.1. The molecule has 0 radical (unpaired) electrons. The van der Waals surface area contributed by atoms with Gasteiger partial charge in [-0.15, -0.1) is 0 Å². The Labute approximate surface area is 184 Å². The molecule has 1 unspecified atom stereocenters. The lowest BCUT2D eigenvalue weighted by atomic mass is 10.0. The van der Waals surface area contributed by atoms with Gasteiger partial charge in [-0.05, 0) is 74.0 Å². The Morgan fingerprint density at radius 3 is 2.77 bits per heavy atom. The third kappa shape index (κ3) is 5.19. The Bertz CT molecular complexity index is 1150. The third-order valence-corrected chi connectivity index (χ3v) is 5.73. The average Bonchev–Trinajstić information content (AvgIpc) is 3.20. The fraction of sp³-hybridized carbons (Fsp3) is 0.308. The lowest BCUT2D eigenvalue weighted by Gasteiger charge is -2.14. The molecule has 0 bridgehead atoms. The number of benzene rings is 1. The van der Waals surface area contributed by atoms with Crippen LogP contribution >= 0.6 is 0 Å². The summed E-state index contributed by atoms with van der Waals surface area (Å²) in [6.07, 6.45) is 8.73. The number of nitrogens with one attached hydrogen (secondary N) is 1. The first-order valence-corrected chi connectivity index (χ1v) is 11.0. The second-order valence-corrected chi connectivity index (χ2v) is 8.27. The van der Waals surface area contributed by atoms with Gasteiger partial charge in [0.2, 0.25) is 0 Å². The smallest absolute Gasteiger partial charge is 0.0781 e. The van der Waals surface area contributed by atoms with Crippen LogP contribution in [0.4, 0.5) is 0 Å². The molecule has 0 spiro atoms. The van der Waals surface area contributed by atoms with Crippen LogP contribution < -0.4 is 11.1 Å². The van der Waals surface area contributed by atoms with Gasteiger partial charge in [-0.2, -0.15) is 0 Å². The highest BCUT2D eigenvalue weighted by Crippen LogP contribution is 2.21. The van der Waals surface area contributed by atoms with Crippen LogP contribution in [0.3, 0.4) is 0 Å². The predicted octanol–water partition coefficient (Wildman–Crippen LogP) is 4.48. The van der Waals surface area contributed by atoms with Crippen molar-refractivity contribution in [3.05, 3.63) is 89.6 Å². The molecular weight excluding hydrogens is 382 g/mol. The Morgan fingerprint density at radius 2 is 1.90 bits per heavy atom.